The minimum absolute atomic E-state index is 0.286. The summed E-state index contributed by atoms with van der Waals surface area (Å²) in [5.74, 6) is 0.346. The van der Waals surface area contributed by atoms with E-state index in [1.54, 1.807) is 18.5 Å². The van der Waals surface area contributed by atoms with Crippen molar-refractivity contribution in [2.75, 3.05) is 6.61 Å². The molecule has 0 spiro atoms. The number of para-hydroxylation sites is 1. The summed E-state index contributed by atoms with van der Waals surface area (Å²) in [6, 6.07) is 9.17. The zero-order valence-corrected chi connectivity index (χ0v) is 11.5. The first-order chi connectivity index (χ1) is 9.72. The Bertz CT molecular complexity index is 555. The van der Waals surface area contributed by atoms with E-state index in [2.05, 4.69) is 20.8 Å². The van der Waals surface area contributed by atoms with Crippen molar-refractivity contribution in [3.8, 4) is 5.69 Å². The Morgan fingerprint density at radius 2 is 2.15 bits per heavy atom. The zero-order valence-electron chi connectivity index (χ0n) is 11.5. The van der Waals surface area contributed by atoms with Gasteiger partial charge in [-0.1, -0.05) is 18.2 Å². The van der Waals surface area contributed by atoms with Crippen molar-refractivity contribution in [1.82, 2.24) is 25.5 Å². The van der Waals surface area contributed by atoms with Crippen molar-refractivity contribution in [2.24, 2.45) is 0 Å². The van der Waals surface area contributed by atoms with Crippen molar-refractivity contribution in [2.45, 2.75) is 26.4 Å². The first-order valence-electron chi connectivity index (χ1n) is 6.45. The number of ether oxygens (including phenoxy) is 1. The highest BCUT2D eigenvalue weighted by Crippen LogP contribution is 2.06. The molecule has 1 heterocycles. The number of esters is 1. The Morgan fingerprint density at radius 3 is 2.85 bits per heavy atom. The van der Waals surface area contributed by atoms with Crippen LogP contribution in [0.3, 0.4) is 0 Å². The van der Waals surface area contributed by atoms with Crippen LogP contribution < -0.4 is 5.32 Å². The zero-order chi connectivity index (χ0) is 14.4. The van der Waals surface area contributed by atoms with Gasteiger partial charge in [-0.05, 0) is 36.4 Å². The fraction of sp³-hybridized carbons (Fsp3) is 0.385. The average Bonchev–Trinajstić information content (AvgIpc) is 2.94. The van der Waals surface area contributed by atoms with Crippen LogP contribution in [0.5, 0.6) is 0 Å². The Hall–Kier alpha value is -2.28. The molecule has 0 aliphatic heterocycles. The molecule has 0 bridgehead atoms. The summed E-state index contributed by atoms with van der Waals surface area (Å²) in [5.41, 5.74) is 0.873. The summed E-state index contributed by atoms with van der Waals surface area (Å²) in [6.45, 7) is 4.27. The first-order valence-corrected chi connectivity index (χ1v) is 6.45. The molecule has 1 aromatic heterocycles. The summed E-state index contributed by atoms with van der Waals surface area (Å²) in [7, 11) is 0. The summed E-state index contributed by atoms with van der Waals surface area (Å²) in [5, 5.41) is 14.6. The van der Waals surface area contributed by atoms with Crippen LogP contribution in [-0.4, -0.2) is 38.8 Å². The highest BCUT2D eigenvalue weighted by atomic mass is 16.5. The van der Waals surface area contributed by atoms with Crippen LogP contribution in [0.4, 0.5) is 0 Å². The molecule has 0 amide bonds. The van der Waals surface area contributed by atoms with Gasteiger partial charge in [-0.2, -0.15) is 4.68 Å². The summed E-state index contributed by atoms with van der Waals surface area (Å²) < 4.78 is 6.56. The van der Waals surface area contributed by atoms with Gasteiger partial charge in [0.05, 0.1) is 18.8 Å². The third kappa shape index (κ3) is 3.39. The van der Waals surface area contributed by atoms with E-state index < -0.39 is 6.04 Å². The van der Waals surface area contributed by atoms with Crippen LogP contribution in [0.15, 0.2) is 30.3 Å². The van der Waals surface area contributed by atoms with Crippen molar-refractivity contribution in [1.29, 1.82) is 0 Å². The van der Waals surface area contributed by atoms with Gasteiger partial charge in [-0.3, -0.25) is 10.1 Å². The van der Waals surface area contributed by atoms with Crippen LogP contribution in [0.2, 0.25) is 0 Å². The quantitative estimate of drug-likeness (QED) is 0.782. The lowest BCUT2D eigenvalue weighted by atomic mass is 10.3. The maximum absolute atomic E-state index is 11.5. The lowest BCUT2D eigenvalue weighted by Crippen LogP contribution is -2.35. The number of hydrogen-bond acceptors (Lipinski definition) is 6. The van der Waals surface area contributed by atoms with E-state index in [0.29, 0.717) is 19.0 Å². The number of rotatable bonds is 6. The number of aromatic nitrogens is 4. The van der Waals surface area contributed by atoms with E-state index in [0.717, 1.165) is 5.69 Å². The van der Waals surface area contributed by atoms with Crippen molar-refractivity contribution in [3.63, 3.8) is 0 Å². The molecule has 2 aromatic rings. The van der Waals surface area contributed by atoms with Gasteiger partial charge in [0.25, 0.3) is 0 Å². The standard InChI is InChI=1S/C13H17N5O2/c1-3-20-13(19)10(2)14-9-12-15-16-17-18(12)11-7-5-4-6-8-11/h4-8,10,14H,3,9H2,1-2H3. The van der Waals surface area contributed by atoms with E-state index in [1.165, 1.54) is 0 Å². The average molecular weight is 275 g/mol. The number of carbonyl (C=O) groups is 1. The highest BCUT2D eigenvalue weighted by Gasteiger charge is 2.15. The Morgan fingerprint density at radius 1 is 1.40 bits per heavy atom. The molecule has 7 heteroatoms. The number of carbonyl (C=O) groups excluding carboxylic acids is 1. The summed E-state index contributed by atoms with van der Waals surface area (Å²) in [6.07, 6.45) is 0. The Labute approximate surface area is 116 Å². The molecule has 20 heavy (non-hydrogen) atoms. The number of tetrazole rings is 1. The van der Waals surface area contributed by atoms with E-state index >= 15 is 0 Å². The van der Waals surface area contributed by atoms with Gasteiger partial charge in [0, 0.05) is 0 Å². The van der Waals surface area contributed by atoms with Crippen molar-refractivity contribution >= 4 is 5.97 Å². The topological polar surface area (TPSA) is 81.9 Å². The van der Waals surface area contributed by atoms with Crippen LogP contribution in [0.1, 0.15) is 19.7 Å². The molecule has 0 saturated carbocycles. The summed E-state index contributed by atoms with van der Waals surface area (Å²) >= 11 is 0. The van der Waals surface area contributed by atoms with Gasteiger partial charge in [0.1, 0.15) is 6.04 Å². The maximum Gasteiger partial charge on any atom is 0.322 e. The van der Waals surface area contributed by atoms with Gasteiger partial charge < -0.3 is 4.74 Å². The first kappa shape index (κ1) is 14.1. The molecule has 1 N–H and O–H groups in total. The molecular formula is C13H17N5O2. The molecule has 0 fully saturated rings. The minimum Gasteiger partial charge on any atom is -0.465 e. The molecule has 0 aliphatic rings. The SMILES string of the molecule is CCOC(=O)C(C)NCc1nnnn1-c1ccccc1. The predicted molar refractivity (Wildman–Crippen MR) is 72.1 cm³/mol. The van der Waals surface area contributed by atoms with E-state index in [4.69, 9.17) is 4.74 Å². The largest absolute Gasteiger partial charge is 0.465 e. The molecule has 1 aromatic carbocycles. The predicted octanol–water partition coefficient (Wildman–Crippen LogP) is 0.703. The van der Waals surface area contributed by atoms with Crippen molar-refractivity contribution in [3.05, 3.63) is 36.2 Å². The monoisotopic (exact) mass is 275 g/mol. The van der Waals surface area contributed by atoms with E-state index in [9.17, 15) is 4.79 Å². The minimum atomic E-state index is -0.407. The highest BCUT2D eigenvalue weighted by molar-refractivity contribution is 5.75. The molecule has 2 rings (SSSR count). The van der Waals surface area contributed by atoms with Gasteiger partial charge in [0.2, 0.25) is 0 Å². The van der Waals surface area contributed by atoms with Crippen LogP contribution in [0, 0.1) is 0 Å². The van der Waals surface area contributed by atoms with Crippen LogP contribution in [-0.2, 0) is 16.1 Å². The van der Waals surface area contributed by atoms with Crippen molar-refractivity contribution < 1.29 is 9.53 Å². The third-order valence-electron chi connectivity index (χ3n) is 2.74. The molecule has 7 nitrogen and oxygen atoms in total. The second kappa shape index (κ2) is 6.76. The van der Waals surface area contributed by atoms with Crippen LogP contribution in [0.25, 0.3) is 5.69 Å². The van der Waals surface area contributed by atoms with Gasteiger partial charge in [0.15, 0.2) is 5.82 Å². The second-order valence-electron chi connectivity index (χ2n) is 4.20. The Balaban J connectivity index is 2.01. The van der Waals surface area contributed by atoms with Gasteiger partial charge in [-0.25, -0.2) is 0 Å². The maximum atomic E-state index is 11.5. The molecule has 1 unspecified atom stereocenters. The summed E-state index contributed by atoms with van der Waals surface area (Å²) in [4.78, 5) is 11.5. The van der Waals surface area contributed by atoms with E-state index in [1.807, 2.05) is 30.3 Å². The van der Waals surface area contributed by atoms with E-state index in [-0.39, 0.29) is 5.97 Å². The molecule has 0 radical (unpaired) electrons. The Kier molecular flexibility index (Phi) is 4.78. The smallest absolute Gasteiger partial charge is 0.322 e. The molecule has 0 aliphatic carbocycles. The number of nitrogens with one attached hydrogen (secondary N) is 1. The molecule has 106 valence electrons. The third-order valence-corrected chi connectivity index (χ3v) is 2.74. The second-order valence-corrected chi connectivity index (χ2v) is 4.20. The molecule has 1 atom stereocenters. The number of benzene rings is 1. The van der Waals surface area contributed by atoms with Gasteiger partial charge >= 0.3 is 5.97 Å². The normalized spacial score (nSPS) is 12.1. The molecular weight excluding hydrogens is 258 g/mol. The molecule has 0 saturated heterocycles. The van der Waals surface area contributed by atoms with Gasteiger partial charge in [-0.15, -0.1) is 5.10 Å². The lowest BCUT2D eigenvalue weighted by molar-refractivity contribution is -0.145. The fourth-order valence-corrected chi connectivity index (χ4v) is 1.68. The fourth-order valence-electron chi connectivity index (χ4n) is 1.68. The lowest BCUT2D eigenvalue weighted by Gasteiger charge is -2.12. The number of hydrogen-bond donors (Lipinski definition) is 1. The number of nitrogens with zero attached hydrogens (tertiary/aromatic N) is 4. The van der Waals surface area contributed by atoms with Crippen LogP contribution >= 0.6 is 0 Å².